The van der Waals surface area contributed by atoms with Gasteiger partial charge in [-0.1, -0.05) is 37.9 Å². The summed E-state index contributed by atoms with van der Waals surface area (Å²) >= 11 is 5.08. The number of benzene rings is 1. The summed E-state index contributed by atoms with van der Waals surface area (Å²) in [6.07, 6.45) is 8.05. The van der Waals surface area contributed by atoms with Gasteiger partial charge in [0.05, 0.1) is 7.11 Å². The fourth-order valence-electron chi connectivity index (χ4n) is 3.15. The number of hydrogen-bond donors (Lipinski definition) is 1. The third-order valence-corrected chi connectivity index (χ3v) is 4.67. The molecule has 1 aliphatic carbocycles. The lowest BCUT2D eigenvalue weighted by molar-refractivity contribution is 0.210. The van der Waals surface area contributed by atoms with Crippen molar-refractivity contribution in [3.8, 4) is 5.75 Å². The first-order chi connectivity index (χ1) is 10.1. The molecule has 1 aliphatic rings. The molecule has 2 N–H and O–H groups in total. The van der Waals surface area contributed by atoms with Gasteiger partial charge in [-0.3, -0.25) is 4.90 Å². The van der Waals surface area contributed by atoms with Gasteiger partial charge in [0.25, 0.3) is 0 Å². The first-order valence-electron chi connectivity index (χ1n) is 7.78. The van der Waals surface area contributed by atoms with Gasteiger partial charge < -0.3 is 10.5 Å². The molecule has 1 fully saturated rings. The van der Waals surface area contributed by atoms with Crippen LogP contribution >= 0.6 is 12.2 Å². The summed E-state index contributed by atoms with van der Waals surface area (Å²) in [6.45, 7) is 0.879. The van der Waals surface area contributed by atoms with Crippen molar-refractivity contribution in [1.29, 1.82) is 0 Å². The molecule has 1 aromatic carbocycles. The van der Waals surface area contributed by atoms with Gasteiger partial charge in [0.2, 0.25) is 0 Å². The monoisotopic (exact) mass is 306 g/mol. The minimum Gasteiger partial charge on any atom is -0.496 e. The molecule has 0 bridgehead atoms. The van der Waals surface area contributed by atoms with Crippen LogP contribution in [0.2, 0.25) is 0 Å². The van der Waals surface area contributed by atoms with E-state index >= 15 is 0 Å². The summed E-state index contributed by atoms with van der Waals surface area (Å²) in [5.74, 6) is 0.912. The molecular weight excluding hydrogens is 280 g/mol. The van der Waals surface area contributed by atoms with E-state index in [0.717, 1.165) is 23.4 Å². The van der Waals surface area contributed by atoms with E-state index in [1.807, 2.05) is 12.1 Å². The van der Waals surface area contributed by atoms with Crippen molar-refractivity contribution in [3.63, 3.8) is 0 Å². The number of rotatable bonds is 5. The molecule has 0 radical (unpaired) electrons. The van der Waals surface area contributed by atoms with Gasteiger partial charge in [-0.25, -0.2) is 0 Å². The van der Waals surface area contributed by atoms with Gasteiger partial charge in [0.15, 0.2) is 0 Å². The molecule has 1 aromatic rings. The van der Waals surface area contributed by atoms with E-state index in [4.69, 9.17) is 22.7 Å². The lowest BCUT2D eigenvalue weighted by Crippen LogP contribution is -2.31. The summed E-state index contributed by atoms with van der Waals surface area (Å²) in [5, 5.41) is 0. The van der Waals surface area contributed by atoms with E-state index in [1.165, 1.54) is 38.5 Å². The van der Waals surface area contributed by atoms with Crippen LogP contribution in [-0.2, 0) is 6.54 Å². The van der Waals surface area contributed by atoms with Crippen LogP contribution in [0.5, 0.6) is 5.75 Å². The summed E-state index contributed by atoms with van der Waals surface area (Å²) in [4.78, 5) is 2.89. The maximum Gasteiger partial charge on any atom is 0.123 e. The standard InChI is InChI=1S/C17H26N2OS/c1-19(15-7-5-3-4-6-8-15)12-14-11-13(17(18)21)9-10-16(14)20-2/h9-11,15H,3-8,12H2,1-2H3,(H2,18,21). The highest BCUT2D eigenvalue weighted by molar-refractivity contribution is 7.80. The molecule has 0 atom stereocenters. The van der Waals surface area contributed by atoms with Crippen LogP contribution in [0.15, 0.2) is 18.2 Å². The van der Waals surface area contributed by atoms with Crippen LogP contribution in [0.4, 0.5) is 0 Å². The molecular formula is C17H26N2OS. The van der Waals surface area contributed by atoms with Crippen molar-refractivity contribution in [3.05, 3.63) is 29.3 Å². The summed E-state index contributed by atoms with van der Waals surface area (Å²) < 4.78 is 5.48. The molecule has 1 saturated carbocycles. The number of ether oxygens (including phenoxy) is 1. The maximum absolute atomic E-state index is 5.75. The summed E-state index contributed by atoms with van der Waals surface area (Å²) in [6, 6.07) is 6.63. The third kappa shape index (κ3) is 4.42. The molecule has 3 nitrogen and oxygen atoms in total. The quantitative estimate of drug-likeness (QED) is 0.667. The average molecular weight is 306 g/mol. The van der Waals surface area contributed by atoms with Gasteiger partial charge in [0.1, 0.15) is 10.7 Å². The van der Waals surface area contributed by atoms with Gasteiger partial charge >= 0.3 is 0 Å². The smallest absolute Gasteiger partial charge is 0.123 e. The zero-order chi connectivity index (χ0) is 15.2. The Morgan fingerprint density at radius 2 is 1.95 bits per heavy atom. The average Bonchev–Trinajstić information content (AvgIpc) is 2.76. The maximum atomic E-state index is 5.75. The Bertz CT molecular complexity index is 482. The fraction of sp³-hybridized carbons (Fsp3) is 0.588. The van der Waals surface area contributed by atoms with Crippen molar-refractivity contribution in [2.45, 2.75) is 51.1 Å². The first-order valence-corrected chi connectivity index (χ1v) is 8.19. The highest BCUT2D eigenvalue weighted by Gasteiger charge is 2.18. The van der Waals surface area contributed by atoms with Crippen molar-refractivity contribution >= 4 is 17.2 Å². The van der Waals surface area contributed by atoms with E-state index in [0.29, 0.717) is 11.0 Å². The largest absolute Gasteiger partial charge is 0.496 e. The Morgan fingerprint density at radius 1 is 1.29 bits per heavy atom. The number of hydrogen-bond acceptors (Lipinski definition) is 3. The van der Waals surface area contributed by atoms with Crippen LogP contribution in [0, 0.1) is 0 Å². The SMILES string of the molecule is COc1ccc(C(N)=S)cc1CN(C)C1CCCCCC1. The summed E-state index contributed by atoms with van der Waals surface area (Å²) in [7, 11) is 3.92. The molecule has 0 aliphatic heterocycles. The van der Waals surface area contributed by atoms with Crippen LogP contribution in [0.25, 0.3) is 0 Å². The van der Waals surface area contributed by atoms with Crippen molar-refractivity contribution < 1.29 is 4.74 Å². The van der Waals surface area contributed by atoms with Crippen LogP contribution in [0.3, 0.4) is 0 Å². The third-order valence-electron chi connectivity index (χ3n) is 4.43. The normalized spacial score (nSPS) is 16.7. The molecule has 0 unspecified atom stereocenters. The van der Waals surface area contributed by atoms with Crippen LogP contribution in [0.1, 0.15) is 49.7 Å². The summed E-state index contributed by atoms with van der Waals surface area (Å²) in [5.41, 5.74) is 7.82. The lowest BCUT2D eigenvalue weighted by Gasteiger charge is -2.27. The number of methoxy groups -OCH3 is 1. The van der Waals surface area contributed by atoms with E-state index in [-0.39, 0.29) is 0 Å². The second-order valence-corrected chi connectivity index (χ2v) is 6.39. The van der Waals surface area contributed by atoms with E-state index in [1.54, 1.807) is 7.11 Å². The minimum atomic E-state index is 0.441. The molecule has 0 amide bonds. The van der Waals surface area contributed by atoms with Crippen molar-refractivity contribution in [2.75, 3.05) is 14.2 Å². The minimum absolute atomic E-state index is 0.441. The molecule has 2 rings (SSSR count). The molecule has 0 heterocycles. The Labute approximate surface area is 133 Å². The predicted octanol–water partition coefficient (Wildman–Crippen LogP) is 3.48. The Balaban J connectivity index is 2.12. The molecule has 0 saturated heterocycles. The molecule has 0 spiro atoms. The Morgan fingerprint density at radius 3 is 2.52 bits per heavy atom. The Hall–Kier alpha value is -1.13. The molecule has 116 valence electrons. The molecule has 4 heteroatoms. The van der Waals surface area contributed by atoms with Gasteiger partial charge in [-0.05, 0) is 38.1 Å². The Kier molecular flexibility index (Phi) is 6.00. The highest BCUT2D eigenvalue weighted by atomic mass is 32.1. The predicted molar refractivity (Wildman–Crippen MR) is 91.8 cm³/mol. The van der Waals surface area contributed by atoms with Crippen molar-refractivity contribution in [2.24, 2.45) is 5.73 Å². The molecule has 0 aromatic heterocycles. The van der Waals surface area contributed by atoms with Gasteiger partial charge in [-0.15, -0.1) is 0 Å². The number of thiocarbonyl (C=S) groups is 1. The second-order valence-electron chi connectivity index (χ2n) is 5.95. The van der Waals surface area contributed by atoms with E-state index in [2.05, 4.69) is 18.0 Å². The van der Waals surface area contributed by atoms with Crippen LogP contribution < -0.4 is 10.5 Å². The van der Waals surface area contributed by atoms with Gasteiger partial charge in [0, 0.05) is 23.7 Å². The van der Waals surface area contributed by atoms with Crippen LogP contribution in [-0.4, -0.2) is 30.1 Å². The highest BCUT2D eigenvalue weighted by Crippen LogP contribution is 2.26. The lowest BCUT2D eigenvalue weighted by atomic mass is 10.0. The zero-order valence-electron chi connectivity index (χ0n) is 13.1. The fourth-order valence-corrected chi connectivity index (χ4v) is 3.28. The topological polar surface area (TPSA) is 38.5 Å². The van der Waals surface area contributed by atoms with Gasteiger partial charge in [-0.2, -0.15) is 0 Å². The number of nitrogens with two attached hydrogens (primary N) is 1. The molecule has 21 heavy (non-hydrogen) atoms. The van der Waals surface area contributed by atoms with E-state index < -0.39 is 0 Å². The second kappa shape index (κ2) is 7.76. The number of nitrogens with zero attached hydrogens (tertiary/aromatic N) is 1. The van der Waals surface area contributed by atoms with E-state index in [9.17, 15) is 0 Å². The zero-order valence-corrected chi connectivity index (χ0v) is 13.9. The first kappa shape index (κ1) is 16.2. The van der Waals surface area contributed by atoms with Crippen molar-refractivity contribution in [1.82, 2.24) is 4.90 Å².